The van der Waals surface area contributed by atoms with Gasteiger partial charge >= 0.3 is 0 Å². The van der Waals surface area contributed by atoms with Crippen LogP contribution in [0.2, 0.25) is 0 Å². The molecule has 1 aromatic rings. The summed E-state index contributed by atoms with van der Waals surface area (Å²) in [5.41, 5.74) is 1.88. The van der Waals surface area contributed by atoms with Crippen LogP contribution in [0.1, 0.15) is 48.0 Å². The molecule has 0 unspecified atom stereocenters. The van der Waals surface area contributed by atoms with E-state index in [9.17, 15) is 4.79 Å². The number of aryl methyl sites for hydroxylation is 1. The highest BCUT2D eigenvalue weighted by atomic mass is 79.9. The molecule has 0 saturated heterocycles. The van der Waals surface area contributed by atoms with Gasteiger partial charge in [0.25, 0.3) is 5.91 Å². The zero-order valence-electron chi connectivity index (χ0n) is 11.8. The minimum atomic E-state index is 0.126. The van der Waals surface area contributed by atoms with Crippen molar-refractivity contribution >= 4 is 21.8 Å². The highest BCUT2D eigenvalue weighted by Gasteiger charge is 2.20. The number of halogens is 1. The van der Waals surface area contributed by atoms with Crippen molar-refractivity contribution in [2.45, 2.75) is 39.0 Å². The summed E-state index contributed by atoms with van der Waals surface area (Å²) >= 11 is 3.53. The number of carbonyl (C=O) groups excluding carboxylic acids is 1. The van der Waals surface area contributed by atoms with E-state index in [1.165, 1.54) is 32.1 Å². The first-order valence-corrected chi connectivity index (χ1v) is 7.89. The molecule has 1 aliphatic rings. The van der Waals surface area contributed by atoms with Gasteiger partial charge in [0.05, 0.1) is 5.56 Å². The van der Waals surface area contributed by atoms with E-state index in [4.69, 9.17) is 0 Å². The molecule has 0 bridgehead atoms. The lowest BCUT2D eigenvalue weighted by atomic mass is 9.89. The van der Waals surface area contributed by atoms with E-state index in [0.717, 1.165) is 22.1 Å². The third-order valence-electron chi connectivity index (χ3n) is 4.03. The van der Waals surface area contributed by atoms with Crippen molar-refractivity contribution in [3.8, 4) is 0 Å². The van der Waals surface area contributed by atoms with Crippen molar-refractivity contribution in [3.63, 3.8) is 0 Å². The summed E-state index contributed by atoms with van der Waals surface area (Å²) in [6.45, 7) is 2.90. The topological polar surface area (TPSA) is 20.3 Å². The molecule has 2 nitrogen and oxygen atoms in total. The summed E-state index contributed by atoms with van der Waals surface area (Å²) in [7, 11) is 1.92. The van der Waals surface area contributed by atoms with Gasteiger partial charge in [0.15, 0.2) is 0 Å². The van der Waals surface area contributed by atoms with Gasteiger partial charge in [0.1, 0.15) is 0 Å². The maximum atomic E-state index is 12.5. The fraction of sp³-hybridized carbons (Fsp3) is 0.562. The monoisotopic (exact) mass is 323 g/mol. The number of carbonyl (C=O) groups is 1. The molecule has 104 valence electrons. The molecular weight excluding hydrogens is 302 g/mol. The third kappa shape index (κ3) is 3.59. The Hall–Kier alpha value is -0.830. The van der Waals surface area contributed by atoms with Gasteiger partial charge in [0, 0.05) is 18.1 Å². The van der Waals surface area contributed by atoms with Crippen molar-refractivity contribution in [1.82, 2.24) is 4.90 Å². The molecule has 0 N–H and O–H groups in total. The number of hydrogen-bond donors (Lipinski definition) is 0. The Morgan fingerprint density at radius 1 is 1.32 bits per heavy atom. The molecule has 1 amide bonds. The fourth-order valence-electron chi connectivity index (χ4n) is 2.86. The SMILES string of the molecule is Cc1cccc(C(=O)N(C)CC2CCCCC2)c1Br. The number of amides is 1. The van der Waals surface area contributed by atoms with Crippen LogP contribution in [0.3, 0.4) is 0 Å². The van der Waals surface area contributed by atoms with Gasteiger partial charge in [0.2, 0.25) is 0 Å². The minimum absolute atomic E-state index is 0.126. The maximum Gasteiger partial charge on any atom is 0.254 e. The molecule has 1 saturated carbocycles. The van der Waals surface area contributed by atoms with Gasteiger partial charge in [-0.25, -0.2) is 0 Å². The van der Waals surface area contributed by atoms with Crippen LogP contribution in [-0.4, -0.2) is 24.4 Å². The number of benzene rings is 1. The molecule has 0 heterocycles. The fourth-order valence-corrected chi connectivity index (χ4v) is 3.29. The molecule has 0 spiro atoms. The second-order valence-electron chi connectivity index (χ2n) is 5.63. The second-order valence-corrected chi connectivity index (χ2v) is 6.42. The van der Waals surface area contributed by atoms with Gasteiger partial charge in [-0.2, -0.15) is 0 Å². The zero-order valence-corrected chi connectivity index (χ0v) is 13.4. The molecule has 1 fully saturated rings. The van der Waals surface area contributed by atoms with Gasteiger partial charge in [-0.3, -0.25) is 4.79 Å². The molecule has 1 aromatic carbocycles. The van der Waals surface area contributed by atoms with E-state index >= 15 is 0 Å². The van der Waals surface area contributed by atoms with Crippen LogP contribution in [0, 0.1) is 12.8 Å². The predicted molar refractivity (Wildman–Crippen MR) is 82.4 cm³/mol. The quantitative estimate of drug-likeness (QED) is 0.806. The molecule has 0 aliphatic heterocycles. The average molecular weight is 324 g/mol. The lowest BCUT2D eigenvalue weighted by Crippen LogP contribution is -2.32. The molecule has 0 radical (unpaired) electrons. The average Bonchev–Trinajstić information content (AvgIpc) is 2.42. The Bertz CT molecular complexity index is 452. The van der Waals surface area contributed by atoms with Crippen molar-refractivity contribution in [1.29, 1.82) is 0 Å². The first-order chi connectivity index (χ1) is 9.09. The number of hydrogen-bond acceptors (Lipinski definition) is 1. The van der Waals surface area contributed by atoms with E-state index in [0.29, 0.717) is 5.92 Å². The number of nitrogens with zero attached hydrogens (tertiary/aromatic N) is 1. The Morgan fingerprint density at radius 3 is 2.68 bits per heavy atom. The Kier molecular flexibility index (Phi) is 5.03. The summed E-state index contributed by atoms with van der Waals surface area (Å²) in [5, 5.41) is 0. The van der Waals surface area contributed by atoms with Gasteiger partial charge in [-0.15, -0.1) is 0 Å². The first-order valence-electron chi connectivity index (χ1n) is 7.10. The second kappa shape index (κ2) is 6.56. The van der Waals surface area contributed by atoms with E-state index in [-0.39, 0.29) is 5.91 Å². The van der Waals surface area contributed by atoms with E-state index in [1.807, 2.05) is 37.1 Å². The maximum absolute atomic E-state index is 12.5. The number of rotatable bonds is 3. The molecule has 19 heavy (non-hydrogen) atoms. The van der Waals surface area contributed by atoms with Gasteiger partial charge < -0.3 is 4.90 Å². The van der Waals surface area contributed by atoms with Crippen molar-refractivity contribution in [2.24, 2.45) is 5.92 Å². The molecule has 0 aromatic heterocycles. The summed E-state index contributed by atoms with van der Waals surface area (Å²) in [6.07, 6.45) is 6.54. The van der Waals surface area contributed by atoms with Crippen LogP contribution in [-0.2, 0) is 0 Å². The van der Waals surface area contributed by atoms with E-state index in [1.54, 1.807) is 0 Å². The lowest BCUT2D eigenvalue weighted by Gasteiger charge is -2.27. The van der Waals surface area contributed by atoms with Crippen LogP contribution in [0.4, 0.5) is 0 Å². The van der Waals surface area contributed by atoms with Crippen LogP contribution >= 0.6 is 15.9 Å². The Morgan fingerprint density at radius 2 is 2.00 bits per heavy atom. The predicted octanol–water partition coefficient (Wildman–Crippen LogP) is 4.41. The minimum Gasteiger partial charge on any atom is -0.341 e. The van der Waals surface area contributed by atoms with Crippen molar-refractivity contribution in [3.05, 3.63) is 33.8 Å². The van der Waals surface area contributed by atoms with Gasteiger partial charge in [-0.05, 0) is 53.2 Å². The highest BCUT2D eigenvalue weighted by Crippen LogP contribution is 2.26. The molecule has 2 rings (SSSR count). The standard InChI is InChI=1S/C16H22BrNO/c1-12-7-6-10-14(15(12)17)16(19)18(2)11-13-8-4-3-5-9-13/h6-7,10,13H,3-5,8-9,11H2,1-2H3. The van der Waals surface area contributed by atoms with E-state index in [2.05, 4.69) is 15.9 Å². The Labute approximate surface area is 124 Å². The summed E-state index contributed by atoms with van der Waals surface area (Å²) in [6, 6.07) is 5.86. The largest absolute Gasteiger partial charge is 0.341 e. The highest BCUT2D eigenvalue weighted by molar-refractivity contribution is 9.10. The zero-order chi connectivity index (χ0) is 13.8. The molecule has 3 heteroatoms. The van der Waals surface area contributed by atoms with Crippen LogP contribution in [0.15, 0.2) is 22.7 Å². The third-order valence-corrected chi connectivity index (χ3v) is 5.08. The van der Waals surface area contributed by atoms with Crippen molar-refractivity contribution < 1.29 is 4.79 Å². The van der Waals surface area contributed by atoms with Crippen molar-refractivity contribution in [2.75, 3.05) is 13.6 Å². The summed E-state index contributed by atoms with van der Waals surface area (Å²) < 4.78 is 0.926. The van der Waals surface area contributed by atoms with E-state index < -0.39 is 0 Å². The van der Waals surface area contributed by atoms with Crippen LogP contribution in [0.5, 0.6) is 0 Å². The van der Waals surface area contributed by atoms with Crippen LogP contribution < -0.4 is 0 Å². The first kappa shape index (κ1) is 14.6. The van der Waals surface area contributed by atoms with Crippen LogP contribution in [0.25, 0.3) is 0 Å². The molecule has 1 aliphatic carbocycles. The Balaban J connectivity index is 2.03. The summed E-state index contributed by atoms with van der Waals surface area (Å²) in [5.74, 6) is 0.812. The normalized spacial score (nSPS) is 16.4. The smallest absolute Gasteiger partial charge is 0.254 e. The molecular formula is C16H22BrNO. The summed E-state index contributed by atoms with van der Waals surface area (Å²) in [4.78, 5) is 14.4. The molecule has 0 atom stereocenters. The van der Waals surface area contributed by atoms with Gasteiger partial charge in [-0.1, -0.05) is 31.4 Å². The lowest BCUT2D eigenvalue weighted by molar-refractivity contribution is 0.0759.